The van der Waals surface area contributed by atoms with Gasteiger partial charge in [0.25, 0.3) is 0 Å². The number of aromatic nitrogens is 1. The summed E-state index contributed by atoms with van der Waals surface area (Å²) in [6.45, 7) is 11.4. The van der Waals surface area contributed by atoms with Gasteiger partial charge in [0.2, 0.25) is 0 Å². The van der Waals surface area contributed by atoms with E-state index < -0.39 is 0 Å². The topological polar surface area (TPSA) is 28.2 Å². The van der Waals surface area contributed by atoms with Crippen LogP contribution in [0.25, 0.3) is 0 Å². The van der Waals surface area contributed by atoms with Crippen LogP contribution < -0.4 is 5.32 Å². The van der Waals surface area contributed by atoms with Crippen LogP contribution in [0.3, 0.4) is 0 Å². The first-order valence-corrected chi connectivity index (χ1v) is 8.00. The van der Waals surface area contributed by atoms with Gasteiger partial charge in [-0.15, -0.1) is 0 Å². The van der Waals surface area contributed by atoms with Crippen LogP contribution in [-0.2, 0) is 6.54 Å². The molecular weight excluding hydrogens is 246 g/mol. The Hall–Kier alpha value is -0.930. The van der Waals surface area contributed by atoms with Crippen LogP contribution >= 0.6 is 0 Å². The highest BCUT2D eigenvalue weighted by Crippen LogP contribution is 2.26. The van der Waals surface area contributed by atoms with E-state index >= 15 is 0 Å². The van der Waals surface area contributed by atoms with Gasteiger partial charge in [-0.2, -0.15) is 0 Å². The number of nitrogens with zero attached hydrogens (tertiary/aromatic N) is 2. The molecule has 1 aromatic heterocycles. The molecule has 0 saturated heterocycles. The Bertz CT molecular complexity index is 388. The summed E-state index contributed by atoms with van der Waals surface area (Å²) in [5.74, 6) is 0. The lowest BCUT2D eigenvalue weighted by atomic mass is 9.86. The molecule has 1 atom stereocenters. The van der Waals surface area contributed by atoms with Gasteiger partial charge in [0, 0.05) is 38.1 Å². The van der Waals surface area contributed by atoms with Gasteiger partial charge >= 0.3 is 0 Å². The van der Waals surface area contributed by atoms with Crippen LogP contribution in [0.5, 0.6) is 0 Å². The molecule has 0 aromatic carbocycles. The van der Waals surface area contributed by atoms with Gasteiger partial charge in [-0.25, -0.2) is 0 Å². The van der Waals surface area contributed by atoms with E-state index in [1.54, 1.807) is 0 Å². The molecule has 112 valence electrons. The second-order valence-electron chi connectivity index (χ2n) is 6.48. The van der Waals surface area contributed by atoms with Crippen LogP contribution in [0.4, 0.5) is 0 Å². The molecule has 3 heteroatoms. The van der Waals surface area contributed by atoms with Crippen molar-refractivity contribution in [1.82, 2.24) is 15.2 Å². The molecule has 20 heavy (non-hydrogen) atoms. The summed E-state index contributed by atoms with van der Waals surface area (Å²) < 4.78 is 0. The smallest absolute Gasteiger partial charge is 0.0271 e. The van der Waals surface area contributed by atoms with E-state index in [-0.39, 0.29) is 0 Å². The number of rotatable bonds is 9. The van der Waals surface area contributed by atoms with Gasteiger partial charge in [0.15, 0.2) is 0 Å². The molecule has 1 saturated carbocycles. The lowest BCUT2D eigenvalue weighted by Crippen LogP contribution is -2.42. The van der Waals surface area contributed by atoms with Gasteiger partial charge in [0.05, 0.1) is 0 Å². The van der Waals surface area contributed by atoms with Gasteiger partial charge < -0.3 is 5.32 Å². The maximum atomic E-state index is 4.10. The van der Waals surface area contributed by atoms with E-state index in [2.05, 4.69) is 48.1 Å². The summed E-state index contributed by atoms with van der Waals surface area (Å²) in [7, 11) is 0. The summed E-state index contributed by atoms with van der Waals surface area (Å²) in [4.78, 5) is 6.65. The fraction of sp³-hybridized carbons (Fsp3) is 0.706. The van der Waals surface area contributed by atoms with Gasteiger partial charge in [-0.05, 0) is 48.9 Å². The highest BCUT2D eigenvalue weighted by molar-refractivity contribution is 5.09. The summed E-state index contributed by atoms with van der Waals surface area (Å²) >= 11 is 0. The molecule has 3 nitrogen and oxygen atoms in total. The van der Waals surface area contributed by atoms with Crippen molar-refractivity contribution in [2.24, 2.45) is 5.41 Å². The first kappa shape index (κ1) is 15.5. The fourth-order valence-corrected chi connectivity index (χ4v) is 2.54. The molecule has 0 bridgehead atoms. The Labute approximate surface area is 123 Å². The summed E-state index contributed by atoms with van der Waals surface area (Å²) in [6.07, 6.45) is 7.73. The van der Waals surface area contributed by atoms with Crippen LogP contribution in [0.2, 0.25) is 0 Å². The third-order valence-electron chi connectivity index (χ3n) is 4.46. The van der Waals surface area contributed by atoms with Crippen molar-refractivity contribution in [2.45, 2.75) is 52.6 Å². The largest absolute Gasteiger partial charge is 0.313 e. The predicted octanol–water partition coefficient (Wildman–Crippen LogP) is 3.07. The Balaban J connectivity index is 1.88. The van der Waals surface area contributed by atoms with Crippen LogP contribution in [0.1, 0.15) is 45.6 Å². The van der Waals surface area contributed by atoms with E-state index in [0.29, 0.717) is 5.41 Å². The highest BCUT2D eigenvalue weighted by Gasteiger charge is 2.28. The molecule has 2 rings (SSSR count). The zero-order valence-corrected chi connectivity index (χ0v) is 13.2. The first-order chi connectivity index (χ1) is 9.65. The predicted molar refractivity (Wildman–Crippen MR) is 84.6 cm³/mol. The molecule has 0 amide bonds. The molecule has 1 aromatic rings. The molecule has 1 unspecified atom stereocenters. The van der Waals surface area contributed by atoms with Crippen molar-refractivity contribution >= 4 is 0 Å². The molecule has 1 fully saturated rings. The standard InChI is InChI=1S/C17H29N3/c1-4-17(3,13-19-16-6-7-16)14-20(5-2)12-15-8-10-18-11-9-15/h8-11,16,19H,4-7,12-14H2,1-3H3. The van der Waals surface area contributed by atoms with Crippen molar-refractivity contribution in [3.63, 3.8) is 0 Å². The molecule has 1 heterocycles. The maximum absolute atomic E-state index is 4.10. The second-order valence-corrected chi connectivity index (χ2v) is 6.48. The summed E-state index contributed by atoms with van der Waals surface area (Å²) in [5, 5.41) is 3.70. The number of nitrogens with one attached hydrogen (secondary N) is 1. The first-order valence-electron chi connectivity index (χ1n) is 8.00. The van der Waals surface area contributed by atoms with E-state index in [1.807, 2.05) is 12.4 Å². The molecule has 1 N–H and O–H groups in total. The minimum Gasteiger partial charge on any atom is -0.313 e. The average molecular weight is 275 g/mol. The molecule has 1 aliphatic rings. The number of hydrogen-bond acceptors (Lipinski definition) is 3. The minimum atomic E-state index is 0.367. The van der Waals surface area contributed by atoms with E-state index in [9.17, 15) is 0 Å². The van der Waals surface area contributed by atoms with Crippen molar-refractivity contribution in [3.8, 4) is 0 Å². The Morgan fingerprint density at radius 2 is 2.00 bits per heavy atom. The van der Waals surface area contributed by atoms with E-state index in [1.165, 1.54) is 24.8 Å². The molecule has 1 aliphatic carbocycles. The minimum absolute atomic E-state index is 0.367. The summed E-state index contributed by atoms with van der Waals surface area (Å²) in [6, 6.07) is 5.04. The SMILES string of the molecule is CCN(Cc1ccncc1)CC(C)(CC)CNC1CC1. The lowest BCUT2D eigenvalue weighted by molar-refractivity contribution is 0.154. The van der Waals surface area contributed by atoms with E-state index in [4.69, 9.17) is 0 Å². The molecule has 0 radical (unpaired) electrons. The van der Waals surface area contributed by atoms with Gasteiger partial charge in [-0.1, -0.05) is 20.8 Å². The lowest BCUT2D eigenvalue weighted by Gasteiger charge is -2.35. The van der Waals surface area contributed by atoms with Crippen molar-refractivity contribution in [3.05, 3.63) is 30.1 Å². The average Bonchev–Trinajstić information content (AvgIpc) is 3.30. The molecule has 0 spiro atoms. The normalized spacial score (nSPS) is 18.2. The van der Waals surface area contributed by atoms with Gasteiger partial charge in [-0.3, -0.25) is 9.88 Å². The molecular formula is C17H29N3. The monoisotopic (exact) mass is 275 g/mol. The maximum Gasteiger partial charge on any atom is 0.0271 e. The quantitative estimate of drug-likeness (QED) is 0.751. The van der Waals surface area contributed by atoms with Crippen LogP contribution in [-0.4, -0.2) is 35.6 Å². The third kappa shape index (κ3) is 4.88. The third-order valence-corrected chi connectivity index (χ3v) is 4.46. The Morgan fingerprint density at radius 1 is 1.30 bits per heavy atom. The second kappa shape index (κ2) is 7.19. The zero-order valence-electron chi connectivity index (χ0n) is 13.2. The fourth-order valence-electron chi connectivity index (χ4n) is 2.54. The van der Waals surface area contributed by atoms with Crippen LogP contribution in [0.15, 0.2) is 24.5 Å². The zero-order chi connectivity index (χ0) is 14.4. The van der Waals surface area contributed by atoms with Gasteiger partial charge in [0.1, 0.15) is 0 Å². The highest BCUT2D eigenvalue weighted by atomic mass is 15.1. The van der Waals surface area contributed by atoms with Crippen LogP contribution in [0, 0.1) is 5.41 Å². The number of hydrogen-bond donors (Lipinski definition) is 1. The number of pyridine rings is 1. The molecule has 0 aliphatic heterocycles. The van der Waals surface area contributed by atoms with Crippen molar-refractivity contribution < 1.29 is 0 Å². The van der Waals surface area contributed by atoms with Crippen molar-refractivity contribution in [2.75, 3.05) is 19.6 Å². The van der Waals surface area contributed by atoms with Crippen molar-refractivity contribution in [1.29, 1.82) is 0 Å². The summed E-state index contributed by atoms with van der Waals surface area (Å²) in [5.41, 5.74) is 1.72. The Morgan fingerprint density at radius 3 is 2.55 bits per heavy atom. The Kier molecular flexibility index (Phi) is 5.55. The van der Waals surface area contributed by atoms with E-state index in [0.717, 1.165) is 32.2 Å².